The highest BCUT2D eigenvalue weighted by atomic mass is 79.9. The monoisotopic (exact) mass is 363 g/mol. The maximum atomic E-state index is 11.9. The van der Waals surface area contributed by atoms with E-state index in [1.807, 2.05) is 6.92 Å². The molecule has 110 valence electrons. The van der Waals surface area contributed by atoms with Crippen LogP contribution < -0.4 is 21.5 Å². The van der Waals surface area contributed by atoms with Crippen molar-refractivity contribution >= 4 is 45.0 Å². The number of primary amides is 1. The molecule has 0 saturated carbocycles. The van der Waals surface area contributed by atoms with Crippen LogP contribution in [-0.4, -0.2) is 24.5 Å². The largest absolute Gasteiger partial charge is 0.491 e. The molecule has 2 amide bonds. The Balaban J connectivity index is 2.95. The van der Waals surface area contributed by atoms with Gasteiger partial charge in [0.1, 0.15) is 0 Å². The summed E-state index contributed by atoms with van der Waals surface area (Å²) in [5, 5.41) is 2.99. The Kier molecular flexibility index (Phi) is 6.25. The number of amides is 2. The fourth-order valence-electron chi connectivity index (χ4n) is 1.48. The third kappa shape index (κ3) is 4.66. The smallest absolute Gasteiger partial charge is 0.241 e. The molecule has 0 aliphatic heterocycles. The molecule has 0 aromatic heterocycles. The third-order valence-electron chi connectivity index (χ3n) is 2.31. The molecule has 1 unspecified atom stereocenters. The maximum Gasteiger partial charge on any atom is 0.241 e. The van der Waals surface area contributed by atoms with Crippen molar-refractivity contribution in [1.29, 1.82) is 0 Å². The van der Waals surface area contributed by atoms with Gasteiger partial charge in [-0.3, -0.25) is 9.59 Å². The van der Waals surface area contributed by atoms with E-state index in [1.54, 1.807) is 6.07 Å². The van der Waals surface area contributed by atoms with Gasteiger partial charge in [0.05, 0.1) is 29.2 Å². The normalized spacial score (nSPS) is 11.8. The number of hydrogen-bond acceptors (Lipinski definition) is 4. The second-order valence-electron chi connectivity index (χ2n) is 3.96. The lowest BCUT2D eigenvalue weighted by Crippen LogP contribution is -2.39. The van der Waals surface area contributed by atoms with E-state index >= 15 is 0 Å². The van der Waals surface area contributed by atoms with E-state index in [4.69, 9.17) is 27.8 Å². The van der Waals surface area contributed by atoms with Gasteiger partial charge in [0.25, 0.3) is 0 Å². The fourth-order valence-corrected chi connectivity index (χ4v) is 2.40. The second-order valence-corrected chi connectivity index (χ2v) is 5.25. The first-order valence-corrected chi connectivity index (χ1v) is 6.98. The van der Waals surface area contributed by atoms with E-state index in [0.29, 0.717) is 27.5 Å². The van der Waals surface area contributed by atoms with E-state index in [9.17, 15) is 9.59 Å². The van der Waals surface area contributed by atoms with Crippen LogP contribution in [0.3, 0.4) is 0 Å². The summed E-state index contributed by atoms with van der Waals surface area (Å²) in [6, 6.07) is 2.15. The first-order valence-electron chi connectivity index (χ1n) is 5.81. The van der Waals surface area contributed by atoms with Gasteiger partial charge in [-0.1, -0.05) is 11.6 Å². The van der Waals surface area contributed by atoms with Crippen LogP contribution in [0.5, 0.6) is 5.75 Å². The SMILES string of the molecule is CCOc1c(Br)cc(Cl)cc1NC(=O)C(N)CC(N)=O. The molecule has 1 aromatic rings. The van der Waals surface area contributed by atoms with Crippen LogP contribution in [0.15, 0.2) is 16.6 Å². The Morgan fingerprint density at radius 3 is 2.70 bits per heavy atom. The molecule has 0 aliphatic carbocycles. The number of hydrogen-bond donors (Lipinski definition) is 3. The number of nitrogens with one attached hydrogen (secondary N) is 1. The minimum absolute atomic E-state index is 0.239. The summed E-state index contributed by atoms with van der Waals surface area (Å²) in [5.41, 5.74) is 10.9. The van der Waals surface area contributed by atoms with Crippen molar-refractivity contribution in [1.82, 2.24) is 0 Å². The maximum absolute atomic E-state index is 11.9. The summed E-state index contributed by atoms with van der Waals surface area (Å²) in [6.45, 7) is 2.22. The number of nitrogens with two attached hydrogens (primary N) is 2. The van der Waals surface area contributed by atoms with Crippen LogP contribution in [0.25, 0.3) is 0 Å². The molecule has 20 heavy (non-hydrogen) atoms. The molecular formula is C12H15BrClN3O3. The van der Waals surface area contributed by atoms with Gasteiger partial charge in [-0.2, -0.15) is 0 Å². The van der Waals surface area contributed by atoms with Crippen molar-refractivity contribution < 1.29 is 14.3 Å². The van der Waals surface area contributed by atoms with Gasteiger partial charge in [-0.15, -0.1) is 0 Å². The Morgan fingerprint density at radius 2 is 2.15 bits per heavy atom. The summed E-state index contributed by atoms with van der Waals surface area (Å²) in [6.07, 6.45) is -0.239. The number of rotatable bonds is 6. The van der Waals surface area contributed by atoms with Crippen LogP contribution in [0, 0.1) is 0 Å². The predicted molar refractivity (Wildman–Crippen MR) is 80.7 cm³/mol. The summed E-state index contributed by atoms with van der Waals surface area (Å²) < 4.78 is 6.03. The molecule has 5 N–H and O–H groups in total. The van der Waals surface area contributed by atoms with E-state index in [0.717, 1.165) is 0 Å². The lowest BCUT2D eigenvalue weighted by Gasteiger charge is -2.16. The predicted octanol–water partition coefficient (Wildman–Crippen LogP) is 1.64. The zero-order chi connectivity index (χ0) is 15.3. The van der Waals surface area contributed by atoms with Gasteiger partial charge in [-0.25, -0.2) is 0 Å². The van der Waals surface area contributed by atoms with Crippen molar-refractivity contribution in [2.75, 3.05) is 11.9 Å². The minimum Gasteiger partial charge on any atom is -0.491 e. The summed E-state index contributed by atoms with van der Waals surface area (Å²) in [4.78, 5) is 22.6. The highest BCUT2D eigenvalue weighted by Crippen LogP contribution is 2.36. The molecule has 0 spiro atoms. The number of benzene rings is 1. The minimum atomic E-state index is -1.03. The number of carbonyl (C=O) groups is 2. The number of anilines is 1. The molecule has 6 nitrogen and oxygen atoms in total. The van der Waals surface area contributed by atoms with Crippen LogP contribution >= 0.6 is 27.5 Å². The quantitative estimate of drug-likeness (QED) is 0.713. The highest BCUT2D eigenvalue weighted by Gasteiger charge is 2.19. The molecule has 1 rings (SSSR count). The second kappa shape index (κ2) is 7.47. The zero-order valence-corrected chi connectivity index (χ0v) is 13.1. The van der Waals surface area contributed by atoms with Gasteiger partial charge in [-0.05, 0) is 35.0 Å². The molecule has 8 heteroatoms. The van der Waals surface area contributed by atoms with Crippen molar-refractivity contribution in [3.63, 3.8) is 0 Å². The van der Waals surface area contributed by atoms with E-state index < -0.39 is 17.9 Å². The number of carbonyl (C=O) groups excluding carboxylic acids is 2. The third-order valence-corrected chi connectivity index (χ3v) is 3.12. The van der Waals surface area contributed by atoms with Crippen molar-refractivity contribution in [3.05, 3.63) is 21.6 Å². The first-order chi connectivity index (χ1) is 9.35. The molecule has 0 heterocycles. The molecule has 1 atom stereocenters. The Morgan fingerprint density at radius 1 is 1.50 bits per heavy atom. The molecule has 0 bridgehead atoms. The molecule has 0 saturated heterocycles. The fraction of sp³-hybridized carbons (Fsp3) is 0.333. The molecule has 1 aromatic carbocycles. The summed E-state index contributed by atoms with van der Waals surface area (Å²) in [5.74, 6) is -0.750. The van der Waals surface area contributed by atoms with Crippen LogP contribution in [0.2, 0.25) is 5.02 Å². The van der Waals surface area contributed by atoms with Crippen LogP contribution in [0.1, 0.15) is 13.3 Å². The Labute approximate surface area is 129 Å². The first kappa shape index (κ1) is 16.7. The average molecular weight is 365 g/mol. The number of ether oxygens (including phenoxy) is 1. The van der Waals surface area contributed by atoms with E-state index in [1.165, 1.54) is 6.07 Å². The molecule has 0 aliphatic rings. The Hall–Kier alpha value is -1.31. The van der Waals surface area contributed by atoms with Crippen molar-refractivity contribution in [2.24, 2.45) is 11.5 Å². The van der Waals surface area contributed by atoms with Crippen LogP contribution in [0.4, 0.5) is 5.69 Å². The van der Waals surface area contributed by atoms with Gasteiger partial charge >= 0.3 is 0 Å². The molecule has 0 radical (unpaired) electrons. The zero-order valence-electron chi connectivity index (χ0n) is 10.8. The van der Waals surface area contributed by atoms with Gasteiger partial charge in [0, 0.05) is 5.02 Å². The van der Waals surface area contributed by atoms with Gasteiger partial charge < -0.3 is 21.5 Å². The van der Waals surface area contributed by atoms with Crippen molar-refractivity contribution in [2.45, 2.75) is 19.4 Å². The summed E-state index contributed by atoms with van der Waals surface area (Å²) >= 11 is 9.23. The average Bonchev–Trinajstić information content (AvgIpc) is 2.32. The molecule has 0 fully saturated rings. The number of halogens is 2. The topological polar surface area (TPSA) is 107 Å². The standard InChI is InChI=1S/C12H15BrClN3O3/c1-2-20-11-7(13)3-6(14)4-9(11)17-12(19)8(15)5-10(16)18/h3-4,8H,2,5,15H2,1H3,(H2,16,18)(H,17,19). The lowest BCUT2D eigenvalue weighted by atomic mass is 10.2. The van der Waals surface area contributed by atoms with Gasteiger partial charge in [0.15, 0.2) is 5.75 Å². The Bertz CT molecular complexity index is 525. The van der Waals surface area contributed by atoms with E-state index in [-0.39, 0.29) is 6.42 Å². The lowest BCUT2D eigenvalue weighted by molar-refractivity contribution is -0.123. The van der Waals surface area contributed by atoms with Gasteiger partial charge in [0.2, 0.25) is 11.8 Å². The highest BCUT2D eigenvalue weighted by molar-refractivity contribution is 9.10. The van der Waals surface area contributed by atoms with Crippen molar-refractivity contribution in [3.8, 4) is 5.75 Å². The van der Waals surface area contributed by atoms with E-state index in [2.05, 4.69) is 21.2 Å². The molecular weight excluding hydrogens is 350 g/mol. The summed E-state index contributed by atoms with van der Waals surface area (Å²) in [7, 11) is 0. The van der Waals surface area contributed by atoms with Crippen LogP contribution in [-0.2, 0) is 9.59 Å².